The first-order valence-electron chi connectivity index (χ1n) is 7.29. The van der Waals surface area contributed by atoms with Crippen LogP contribution in [-0.2, 0) is 4.79 Å². The monoisotopic (exact) mass is 370 g/mol. The molecule has 2 aromatic rings. The number of anilines is 2. The van der Waals surface area contributed by atoms with Gasteiger partial charge < -0.3 is 20.1 Å². The summed E-state index contributed by atoms with van der Waals surface area (Å²) in [6, 6.07) is 5.16. The van der Waals surface area contributed by atoms with Gasteiger partial charge in [-0.15, -0.1) is 0 Å². The van der Waals surface area contributed by atoms with Crippen molar-refractivity contribution in [3.63, 3.8) is 0 Å². The quantitative estimate of drug-likeness (QED) is 0.804. The molecule has 2 rings (SSSR count). The number of ether oxygens (including phenoxy) is 2. The minimum Gasteiger partial charge on any atom is -0.495 e. The first-order valence-corrected chi connectivity index (χ1v) is 7.67. The Kier molecular flexibility index (Phi) is 6.03. The first-order chi connectivity index (χ1) is 11.8. The summed E-state index contributed by atoms with van der Waals surface area (Å²) in [5, 5.41) is 5.57. The van der Waals surface area contributed by atoms with Crippen LogP contribution in [-0.4, -0.2) is 26.2 Å². The Morgan fingerprint density at radius 2 is 1.76 bits per heavy atom. The molecule has 0 aromatic heterocycles. The highest BCUT2D eigenvalue weighted by atomic mass is 35.5. The second kappa shape index (κ2) is 8.02. The number of rotatable bonds is 6. The van der Waals surface area contributed by atoms with Crippen LogP contribution in [0.5, 0.6) is 11.5 Å². The maximum atomic E-state index is 13.6. The molecule has 0 bridgehead atoms. The van der Waals surface area contributed by atoms with Crippen LogP contribution >= 0.6 is 11.6 Å². The largest absolute Gasteiger partial charge is 0.495 e. The van der Waals surface area contributed by atoms with Gasteiger partial charge in [0.25, 0.3) is 0 Å². The number of amides is 1. The van der Waals surface area contributed by atoms with E-state index in [0.717, 1.165) is 18.2 Å². The van der Waals surface area contributed by atoms with Crippen LogP contribution < -0.4 is 20.1 Å². The number of halogens is 3. The molecule has 1 unspecified atom stereocenters. The SMILES string of the molecule is COc1cc(OC)c(NC(C)C(=O)Nc2cc(F)ccc2F)cc1Cl. The van der Waals surface area contributed by atoms with E-state index in [2.05, 4.69) is 10.6 Å². The number of nitrogens with one attached hydrogen (secondary N) is 2. The molecule has 0 aliphatic heterocycles. The van der Waals surface area contributed by atoms with Crippen LogP contribution in [0.4, 0.5) is 20.2 Å². The minimum absolute atomic E-state index is 0.238. The highest BCUT2D eigenvalue weighted by Crippen LogP contribution is 2.36. The van der Waals surface area contributed by atoms with Gasteiger partial charge in [-0.3, -0.25) is 4.79 Å². The first kappa shape index (κ1) is 18.8. The van der Waals surface area contributed by atoms with Crippen molar-refractivity contribution < 1.29 is 23.0 Å². The lowest BCUT2D eigenvalue weighted by Crippen LogP contribution is -2.32. The molecule has 25 heavy (non-hydrogen) atoms. The Balaban J connectivity index is 2.16. The van der Waals surface area contributed by atoms with Gasteiger partial charge in [-0.1, -0.05) is 11.6 Å². The van der Waals surface area contributed by atoms with Crippen LogP contribution in [0.25, 0.3) is 0 Å². The molecule has 1 atom stereocenters. The number of carbonyl (C=O) groups is 1. The molecule has 5 nitrogen and oxygen atoms in total. The van der Waals surface area contributed by atoms with Crippen molar-refractivity contribution in [2.45, 2.75) is 13.0 Å². The zero-order valence-corrected chi connectivity index (χ0v) is 14.6. The molecule has 0 saturated carbocycles. The number of carbonyl (C=O) groups excluding carboxylic acids is 1. The fourth-order valence-electron chi connectivity index (χ4n) is 2.11. The maximum absolute atomic E-state index is 13.6. The van der Waals surface area contributed by atoms with Gasteiger partial charge in [0.2, 0.25) is 5.91 Å². The number of hydrogen-bond acceptors (Lipinski definition) is 4. The molecular weight excluding hydrogens is 354 g/mol. The molecule has 0 fully saturated rings. The molecule has 134 valence electrons. The Morgan fingerprint density at radius 3 is 2.40 bits per heavy atom. The Hall–Kier alpha value is -2.54. The lowest BCUT2D eigenvalue weighted by molar-refractivity contribution is -0.116. The van der Waals surface area contributed by atoms with Crippen LogP contribution in [0.2, 0.25) is 5.02 Å². The van der Waals surface area contributed by atoms with Gasteiger partial charge in [0.15, 0.2) is 0 Å². The molecule has 0 heterocycles. The van der Waals surface area contributed by atoms with Gasteiger partial charge in [0.05, 0.1) is 30.6 Å². The van der Waals surface area contributed by atoms with Crippen LogP contribution in [0, 0.1) is 11.6 Å². The maximum Gasteiger partial charge on any atom is 0.246 e. The topological polar surface area (TPSA) is 59.6 Å². The van der Waals surface area contributed by atoms with E-state index in [1.165, 1.54) is 14.2 Å². The summed E-state index contributed by atoms with van der Waals surface area (Å²) < 4.78 is 37.1. The minimum atomic E-state index is -0.777. The van der Waals surface area contributed by atoms with Crippen molar-refractivity contribution in [3.05, 3.63) is 47.0 Å². The van der Waals surface area contributed by atoms with Crippen molar-refractivity contribution >= 4 is 28.9 Å². The Bertz CT molecular complexity index is 787. The molecule has 0 saturated heterocycles. The molecule has 0 radical (unpaired) electrons. The summed E-state index contributed by atoms with van der Waals surface area (Å²) in [5.41, 5.74) is 0.217. The highest BCUT2D eigenvalue weighted by Gasteiger charge is 2.18. The molecular formula is C17H17ClF2N2O3. The van der Waals surface area contributed by atoms with Crippen LogP contribution in [0.1, 0.15) is 6.92 Å². The van der Waals surface area contributed by atoms with E-state index in [9.17, 15) is 13.6 Å². The van der Waals surface area contributed by atoms with Crippen molar-refractivity contribution in [3.8, 4) is 11.5 Å². The molecule has 0 aliphatic carbocycles. The molecule has 0 spiro atoms. The fourth-order valence-corrected chi connectivity index (χ4v) is 2.35. The van der Waals surface area contributed by atoms with Crippen LogP contribution in [0.3, 0.4) is 0 Å². The average molecular weight is 371 g/mol. The van der Waals surface area contributed by atoms with Gasteiger partial charge in [0, 0.05) is 12.1 Å². The molecule has 1 amide bonds. The zero-order valence-electron chi connectivity index (χ0n) is 13.8. The van der Waals surface area contributed by atoms with E-state index in [0.29, 0.717) is 22.2 Å². The molecule has 8 heteroatoms. The third-order valence-corrected chi connectivity index (χ3v) is 3.72. The number of hydrogen-bond donors (Lipinski definition) is 2. The van der Waals surface area contributed by atoms with Crippen molar-refractivity contribution in [2.24, 2.45) is 0 Å². The van der Waals surface area contributed by atoms with E-state index < -0.39 is 23.6 Å². The molecule has 2 aromatic carbocycles. The average Bonchev–Trinajstić information content (AvgIpc) is 2.58. The number of methoxy groups -OCH3 is 2. The Labute approximate surface area is 148 Å². The van der Waals surface area contributed by atoms with Crippen molar-refractivity contribution in [1.29, 1.82) is 0 Å². The number of benzene rings is 2. The van der Waals surface area contributed by atoms with E-state index in [4.69, 9.17) is 21.1 Å². The Morgan fingerprint density at radius 1 is 1.08 bits per heavy atom. The molecule has 0 aliphatic rings. The molecule has 2 N–H and O–H groups in total. The van der Waals surface area contributed by atoms with Gasteiger partial charge in [-0.05, 0) is 25.1 Å². The summed E-state index contributed by atoms with van der Waals surface area (Å²) in [4.78, 5) is 12.2. The van der Waals surface area contributed by atoms with Gasteiger partial charge >= 0.3 is 0 Å². The predicted molar refractivity (Wildman–Crippen MR) is 92.6 cm³/mol. The van der Waals surface area contributed by atoms with E-state index in [-0.39, 0.29) is 5.69 Å². The smallest absolute Gasteiger partial charge is 0.246 e. The summed E-state index contributed by atoms with van der Waals surface area (Å²) in [6.07, 6.45) is 0. The van der Waals surface area contributed by atoms with Crippen molar-refractivity contribution in [2.75, 3.05) is 24.9 Å². The predicted octanol–water partition coefficient (Wildman–Crippen LogP) is 4.07. The normalized spacial score (nSPS) is 11.6. The fraction of sp³-hybridized carbons (Fsp3) is 0.235. The second-order valence-corrected chi connectivity index (χ2v) is 5.57. The van der Waals surface area contributed by atoms with Crippen LogP contribution in [0.15, 0.2) is 30.3 Å². The van der Waals surface area contributed by atoms with E-state index in [1.807, 2.05) is 0 Å². The summed E-state index contributed by atoms with van der Waals surface area (Å²) >= 11 is 6.08. The summed E-state index contributed by atoms with van der Waals surface area (Å²) in [7, 11) is 2.93. The van der Waals surface area contributed by atoms with Gasteiger partial charge in [-0.2, -0.15) is 0 Å². The highest BCUT2D eigenvalue weighted by molar-refractivity contribution is 6.32. The lowest BCUT2D eigenvalue weighted by Gasteiger charge is -2.18. The third kappa shape index (κ3) is 4.51. The van der Waals surface area contributed by atoms with Crippen molar-refractivity contribution in [1.82, 2.24) is 0 Å². The zero-order chi connectivity index (χ0) is 18.6. The van der Waals surface area contributed by atoms with Gasteiger partial charge in [-0.25, -0.2) is 8.78 Å². The van der Waals surface area contributed by atoms with Gasteiger partial charge in [0.1, 0.15) is 29.2 Å². The standard InChI is InChI=1S/C17H17ClF2N2O3/c1-9(17(23)22-13-6-10(19)4-5-12(13)20)21-14-7-11(18)15(24-2)8-16(14)25-3/h4-9,21H,1-3H3,(H,22,23). The third-order valence-electron chi connectivity index (χ3n) is 3.43. The van der Waals surface area contributed by atoms with E-state index >= 15 is 0 Å². The summed E-state index contributed by atoms with van der Waals surface area (Å²) in [5.74, 6) is -1.10. The lowest BCUT2D eigenvalue weighted by atomic mass is 10.2. The van der Waals surface area contributed by atoms with E-state index in [1.54, 1.807) is 19.1 Å². The summed E-state index contributed by atoms with van der Waals surface area (Å²) in [6.45, 7) is 1.56. The second-order valence-electron chi connectivity index (χ2n) is 5.17.